The fourth-order valence-corrected chi connectivity index (χ4v) is 3.79. The van der Waals surface area contributed by atoms with Crippen LogP contribution < -0.4 is 0 Å². The Morgan fingerprint density at radius 3 is 1.73 bits per heavy atom. The van der Waals surface area contributed by atoms with Crippen molar-refractivity contribution in [3.05, 3.63) is 37.3 Å². The van der Waals surface area contributed by atoms with E-state index in [9.17, 15) is 39.6 Å². The highest BCUT2D eigenvalue weighted by Gasteiger charge is 2.56. The average molecular weight is 444 g/mol. The minimum absolute atomic E-state index is 0.501. The van der Waals surface area contributed by atoms with Gasteiger partial charge in [-0.25, -0.2) is 14.4 Å². The van der Waals surface area contributed by atoms with E-state index in [1.807, 2.05) is 0 Å². The van der Waals surface area contributed by atoms with Gasteiger partial charge >= 0.3 is 23.9 Å². The summed E-state index contributed by atoms with van der Waals surface area (Å²) in [5.74, 6) is -9.41. The van der Waals surface area contributed by atoms with E-state index in [0.717, 1.165) is 6.08 Å². The first-order valence-corrected chi connectivity index (χ1v) is 7.92. The van der Waals surface area contributed by atoms with E-state index in [4.69, 9.17) is 46.4 Å². The maximum atomic E-state index is 11.8. The van der Waals surface area contributed by atoms with E-state index in [1.54, 1.807) is 0 Å². The van der Waals surface area contributed by atoms with Gasteiger partial charge in [-0.15, -0.1) is 0 Å². The van der Waals surface area contributed by atoms with E-state index >= 15 is 0 Å². The quantitative estimate of drug-likeness (QED) is 0.518. The Morgan fingerprint density at radius 2 is 1.35 bits per heavy atom. The third kappa shape index (κ3) is 2.69. The van der Waals surface area contributed by atoms with Gasteiger partial charge in [-0.1, -0.05) is 46.4 Å². The van der Waals surface area contributed by atoms with Gasteiger partial charge in [-0.3, -0.25) is 4.79 Å². The smallest absolute Gasteiger partial charge is 0.337 e. The molecule has 1 aromatic rings. The summed E-state index contributed by atoms with van der Waals surface area (Å²) in [5, 5.41) is 35.6. The molecule has 0 spiro atoms. The number of benzene rings is 1. The third-order valence-electron chi connectivity index (χ3n) is 3.75. The third-order valence-corrected chi connectivity index (χ3v) is 5.69. The number of carboxylic acid groups (broad SMARTS) is 4. The number of carbonyl (C=O) groups is 4. The molecule has 1 aliphatic carbocycles. The molecule has 0 aromatic heterocycles. The average Bonchev–Trinajstić information content (AvgIpc) is 2.49. The van der Waals surface area contributed by atoms with E-state index in [0.29, 0.717) is 0 Å². The van der Waals surface area contributed by atoms with Gasteiger partial charge in [0.05, 0.1) is 26.2 Å². The van der Waals surface area contributed by atoms with Crippen molar-refractivity contribution in [3.63, 3.8) is 0 Å². The molecule has 12 heteroatoms. The van der Waals surface area contributed by atoms with Crippen molar-refractivity contribution >= 4 is 76.4 Å². The van der Waals surface area contributed by atoms with Crippen molar-refractivity contribution in [2.75, 3.05) is 0 Å². The molecular formula is C14H6Cl4O8. The number of hydrogen-bond acceptors (Lipinski definition) is 4. The molecule has 0 heterocycles. The molecule has 8 nitrogen and oxygen atoms in total. The van der Waals surface area contributed by atoms with Crippen LogP contribution in [0.25, 0.3) is 6.08 Å². The van der Waals surface area contributed by atoms with Crippen LogP contribution >= 0.6 is 46.4 Å². The number of aliphatic carboxylic acids is 2. The van der Waals surface area contributed by atoms with E-state index in [1.165, 1.54) is 0 Å². The normalized spacial score (nSPS) is 21.5. The number of alkyl halides is 1. The molecule has 2 atom stereocenters. The molecule has 138 valence electrons. The summed E-state index contributed by atoms with van der Waals surface area (Å²) in [6, 6.07) is 0. The van der Waals surface area contributed by atoms with Crippen LogP contribution in [0.5, 0.6) is 0 Å². The monoisotopic (exact) mass is 442 g/mol. The van der Waals surface area contributed by atoms with Crippen LogP contribution in [0.3, 0.4) is 0 Å². The second-order valence-electron chi connectivity index (χ2n) is 5.10. The van der Waals surface area contributed by atoms with Crippen LogP contribution in [0.15, 0.2) is 5.03 Å². The Labute approximate surface area is 164 Å². The molecule has 0 saturated carbocycles. The minimum atomic E-state index is -2.78. The summed E-state index contributed by atoms with van der Waals surface area (Å²) in [4.78, 5) is 43.8. The highest BCUT2D eigenvalue weighted by Crippen LogP contribution is 2.52. The van der Waals surface area contributed by atoms with E-state index < -0.39 is 72.0 Å². The first-order valence-electron chi connectivity index (χ1n) is 6.41. The van der Waals surface area contributed by atoms with Gasteiger partial charge < -0.3 is 20.4 Å². The molecule has 26 heavy (non-hydrogen) atoms. The predicted molar refractivity (Wildman–Crippen MR) is 90.8 cm³/mol. The molecule has 0 fully saturated rings. The van der Waals surface area contributed by atoms with E-state index in [-0.39, 0.29) is 0 Å². The number of carboxylic acids is 4. The summed E-state index contributed by atoms with van der Waals surface area (Å²) >= 11 is 23.5. The van der Waals surface area contributed by atoms with Gasteiger partial charge in [0.2, 0.25) is 0 Å². The molecule has 2 unspecified atom stereocenters. The number of halogens is 4. The topological polar surface area (TPSA) is 149 Å². The fourth-order valence-electron chi connectivity index (χ4n) is 2.68. The lowest BCUT2D eigenvalue weighted by Crippen LogP contribution is -2.46. The lowest BCUT2D eigenvalue weighted by molar-refractivity contribution is -0.147. The van der Waals surface area contributed by atoms with Crippen LogP contribution in [-0.2, 0) is 9.59 Å². The zero-order valence-electron chi connectivity index (χ0n) is 12.1. The molecular weight excluding hydrogens is 438 g/mol. The lowest BCUT2D eigenvalue weighted by Gasteiger charge is -2.35. The van der Waals surface area contributed by atoms with Gasteiger partial charge in [0.1, 0.15) is 5.92 Å². The maximum absolute atomic E-state index is 11.8. The van der Waals surface area contributed by atoms with Crippen LogP contribution in [0.4, 0.5) is 0 Å². The standard InChI is InChI=1S/C14H6Cl4O8/c15-3-1-2-4(7(12(23)24)14(3,18)13(25)26)6(11(21)22)9(17)8(16)5(2)10(19)20/h1,7H,(H,19,20)(H,21,22)(H,23,24)(H,25,26). The van der Waals surface area contributed by atoms with Crippen LogP contribution in [0.2, 0.25) is 10.0 Å². The molecule has 0 radical (unpaired) electrons. The Morgan fingerprint density at radius 1 is 0.885 bits per heavy atom. The molecule has 0 aliphatic heterocycles. The highest BCUT2D eigenvalue weighted by molar-refractivity contribution is 6.50. The predicted octanol–water partition coefficient (Wildman–Crippen LogP) is 3.21. The van der Waals surface area contributed by atoms with Crippen molar-refractivity contribution in [2.24, 2.45) is 0 Å². The van der Waals surface area contributed by atoms with Crippen LogP contribution in [0, 0.1) is 0 Å². The fraction of sp³-hybridized carbons (Fsp3) is 0.143. The van der Waals surface area contributed by atoms with E-state index in [2.05, 4.69) is 0 Å². The first kappa shape index (κ1) is 20.3. The number of aromatic carboxylic acids is 2. The summed E-state index contributed by atoms with van der Waals surface area (Å²) in [6.45, 7) is 0. The number of rotatable bonds is 4. The van der Waals surface area contributed by atoms with Gasteiger partial charge in [-0.05, 0) is 17.2 Å². The summed E-state index contributed by atoms with van der Waals surface area (Å²) in [5.41, 5.74) is -2.83. The summed E-state index contributed by atoms with van der Waals surface area (Å²) in [6.07, 6.45) is 0.759. The van der Waals surface area contributed by atoms with Crippen molar-refractivity contribution < 1.29 is 39.6 Å². The van der Waals surface area contributed by atoms with Crippen molar-refractivity contribution in [3.8, 4) is 0 Å². The largest absolute Gasteiger partial charge is 0.481 e. The second-order valence-corrected chi connectivity index (χ2v) is 6.86. The summed E-state index contributed by atoms with van der Waals surface area (Å²) in [7, 11) is 0. The highest BCUT2D eigenvalue weighted by atomic mass is 35.5. The second kappa shape index (κ2) is 6.62. The summed E-state index contributed by atoms with van der Waals surface area (Å²) < 4.78 is 0. The molecule has 0 saturated heterocycles. The Kier molecular flexibility index (Phi) is 5.17. The van der Waals surface area contributed by atoms with Crippen molar-refractivity contribution in [2.45, 2.75) is 10.8 Å². The van der Waals surface area contributed by atoms with Gasteiger partial charge in [0.15, 0.2) is 4.87 Å². The first-order chi connectivity index (χ1) is 11.9. The molecule has 1 aromatic carbocycles. The van der Waals surface area contributed by atoms with Crippen molar-refractivity contribution in [1.82, 2.24) is 0 Å². The Balaban J connectivity index is 3.17. The lowest BCUT2D eigenvalue weighted by atomic mass is 9.74. The zero-order chi connectivity index (χ0) is 20.1. The molecule has 4 N–H and O–H groups in total. The molecule has 1 aliphatic rings. The Hall–Kier alpha value is -2.00. The Bertz CT molecular complexity index is 922. The van der Waals surface area contributed by atoms with Crippen molar-refractivity contribution in [1.29, 1.82) is 0 Å². The van der Waals surface area contributed by atoms with Gasteiger partial charge in [-0.2, -0.15) is 0 Å². The van der Waals surface area contributed by atoms with Crippen LogP contribution in [-0.4, -0.2) is 49.2 Å². The van der Waals surface area contributed by atoms with Gasteiger partial charge in [0.25, 0.3) is 0 Å². The number of hydrogen-bond donors (Lipinski definition) is 4. The minimum Gasteiger partial charge on any atom is -0.481 e. The number of fused-ring (bicyclic) bond motifs is 1. The molecule has 0 amide bonds. The van der Waals surface area contributed by atoms with Gasteiger partial charge in [0, 0.05) is 0 Å². The molecule has 2 rings (SSSR count). The maximum Gasteiger partial charge on any atom is 0.337 e. The van der Waals surface area contributed by atoms with Crippen LogP contribution in [0.1, 0.15) is 37.8 Å². The molecule has 0 bridgehead atoms. The SMILES string of the molecule is O=C(O)c1c(Cl)c(Cl)c(C(=O)O)c2c1C=C(Cl)C(Cl)(C(=O)O)C2C(=O)O. The zero-order valence-corrected chi connectivity index (χ0v) is 15.1.